The number of hydrogen-bond donors (Lipinski definition) is 1. The molecular weight excluding hydrogens is 354 g/mol. The van der Waals surface area contributed by atoms with Gasteiger partial charge in [-0.2, -0.15) is 0 Å². The monoisotopic (exact) mass is 385 g/mol. The van der Waals surface area contributed by atoms with Crippen LogP contribution in [0.1, 0.15) is 57.1 Å². The van der Waals surface area contributed by atoms with Gasteiger partial charge in [-0.15, -0.1) is 0 Å². The average molecular weight is 386 g/mol. The molecule has 1 aromatic rings. The third-order valence-electron chi connectivity index (χ3n) is 6.01. The molecule has 2 aliphatic rings. The lowest BCUT2D eigenvalue weighted by molar-refractivity contribution is -0.140. The fraction of sp³-hybridized carbons (Fsp3) is 0.591. The molecule has 0 unspecified atom stereocenters. The normalized spacial score (nSPS) is 24.5. The number of carbonyl (C=O) groups excluding carboxylic acids is 3. The first kappa shape index (κ1) is 20.4. The molecule has 3 rings (SSSR count). The summed E-state index contributed by atoms with van der Waals surface area (Å²) in [5.74, 6) is 0.150. The first-order valence-electron chi connectivity index (χ1n) is 10.3. The highest BCUT2D eigenvalue weighted by atomic mass is 16.2. The molecule has 28 heavy (non-hydrogen) atoms. The molecule has 1 spiro atoms. The number of hydrogen-bond acceptors (Lipinski definition) is 3. The van der Waals surface area contributed by atoms with Crippen LogP contribution < -0.4 is 5.32 Å². The van der Waals surface area contributed by atoms with Crippen molar-refractivity contribution in [3.05, 3.63) is 35.4 Å². The molecule has 1 aliphatic heterocycles. The Labute approximate surface area is 167 Å². The van der Waals surface area contributed by atoms with Crippen LogP contribution in [0.15, 0.2) is 24.3 Å². The molecule has 0 aromatic heterocycles. The molecule has 2 fully saturated rings. The molecular formula is C22H31N3O3. The Bertz CT molecular complexity index is 736. The molecule has 4 amide bonds. The average Bonchev–Trinajstić information content (AvgIpc) is 2.90. The third-order valence-corrected chi connectivity index (χ3v) is 6.01. The largest absolute Gasteiger partial charge is 0.337 e. The van der Waals surface area contributed by atoms with Crippen molar-refractivity contribution >= 4 is 17.8 Å². The molecule has 0 radical (unpaired) electrons. The Kier molecular flexibility index (Phi) is 6.06. The summed E-state index contributed by atoms with van der Waals surface area (Å²) >= 11 is 0. The molecule has 152 valence electrons. The van der Waals surface area contributed by atoms with Crippen molar-refractivity contribution in [2.24, 2.45) is 5.92 Å². The van der Waals surface area contributed by atoms with Crippen LogP contribution >= 0.6 is 0 Å². The molecule has 1 saturated heterocycles. The Morgan fingerprint density at radius 1 is 1.21 bits per heavy atom. The number of nitrogens with zero attached hydrogens (tertiary/aromatic N) is 2. The number of nitrogens with one attached hydrogen (secondary N) is 1. The topological polar surface area (TPSA) is 69.7 Å². The molecule has 0 bridgehead atoms. The Morgan fingerprint density at radius 3 is 2.46 bits per heavy atom. The number of imide groups is 1. The predicted octanol–water partition coefficient (Wildman–Crippen LogP) is 3.23. The van der Waals surface area contributed by atoms with Gasteiger partial charge in [0, 0.05) is 13.1 Å². The number of urea groups is 1. The fourth-order valence-electron chi connectivity index (χ4n) is 4.12. The van der Waals surface area contributed by atoms with Crippen LogP contribution in [-0.4, -0.2) is 46.3 Å². The molecule has 1 aromatic carbocycles. The molecule has 1 N–H and O–H groups in total. The van der Waals surface area contributed by atoms with Crippen molar-refractivity contribution in [1.29, 1.82) is 0 Å². The minimum absolute atomic E-state index is 0.187. The number of rotatable bonds is 6. The van der Waals surface area contributed by atoms with Crippen molar-refractivity contribution in [2.45, 2.75) is 65.0 Å². The summed E-state index contributed by atoms with van der Waals surface area (Å²) in [6.45, 7) is 7.11. The van der Waals surface area contributed by atoms with Gasteiger partial charge in [-0.05, 0) is 50.5 Å². The lowest BCUT2D eigenvalue weighted by Crippen LogP contribution is -2.50. The van der Waals surface area contributed by atoms with Crippen molar-refractivity contribution < 1.29 is 14.4 Å². The molecule has 1 saturated carbocycles. The molecule has 0 atom stereocenters. The molecule has 6 nitrogen and oxygen atoms in total. The van der Waals surface area contributed by atoms with Crippen LogP contribution in [0, 0.1) is 12.8 Å². The number of amides is 4. The summed E-state index contributed by atoms with van der Waals surface area (Å²) in [4.78, 5) is 41.2. The zero-order valence-corrected chi connectivity index (χ0v) is 17.2. The van der Waals surface area contributed by atoms with E-state index in [0.29, 0.717) is 31.8 Å². The summed E-state index contributed by atoms with van der Waals surface area (Å²) in [7, 11) is 0. The maximum absolute atomic E-state index is 13.0. The van der Waals surface area contributed by atoms with Gasteiger partial charge in [0.25, 0.3) is 5.91 Å². The Hall–Kier alpha value is -2.37. The van der Waals surface area contributed by atoms with Gasteiger partial charge in [-0.1, -0.05) is 43.7 Å². The minimum atomic E-state index is -0.795. The highest BCUT2D eigenvalue weighted by molar-refractivity contribution is 6.09. The highest BCUT2D eigenvalue weighted by Crippen LogP contribution is 2.36. The van der Waals surface area contributed by atoms with E-state index in [1.807, 2.05) is 38.1 Å². The third kappa shape index (κ3) is 4.21. The van der Waals surface area contributed by atoms with Gasteiger partial charge < -0.3 is 10.2 Å². The highest BCUT2D eigenvalue weighted by Gasteiger charge is 2.52. The summed E-state index contributed by atoms with van der Waals surface area (Å²) in [5.41, 5.74) is 1.42. The first-order valence-corrected chi connectivity index (χ1v) is 10.3. The van der Waals surface area contributed by atoms with Gasteiger partial charge in [0.2, 0.25) is 5.91 Å². The molecule has 1 aliphatic carbocycles. The van der Waals surface area contributed by atoms with Crippen LogP contribution in [0.3, 0.4) is 0 Å². The standard InChI is InChI=1S/C22H31N3O3/c1-4-13-24(14-18-7-5-16(2)6-8-18)19(26)15-25-20(27)22(23-21(25)28)11-9-17(3)10-12-22/h5-8,17H,4,9-15H2,1-3H3,(H,23,28). The second-order valence-corrected chi connectivity index (χ2v) is 8.39. The number of benzene rings is 1. The van der Waals surface area contributed by atoms with E-state index < -0.39 is 11.6 Å². The van der Waals surface area contributed by atoms with Crippen LogP contribution in [0.5, 0.6) is 0 Å². The molecule has 6 heteroatoms. The number of carbonyl (C=O) groups is 3. The molecule has 1 heterocycles. The van der Waals surface area contributed by atoms with E-state index in [2.05, 4.69) is 12.2 Å². The Balaban J connectivity index is 1.68. The SMILES string of the molecule is CCCN(Cc1ccc(C)cc1)C(=O)CN1C(=O)NC2(CCC(C)CC2)C1=O. The zero-order valence-electron chi connectivity index (χ0n) is 17.2. The quantitative estimate of drug-likeness (QED) is 0.765. The van der Waals surface area contributed by atoms with E-state index in [1.165, 1.54) is 5.56 Å². The van der Waals surface area contributed by atoms with Crippen LogP contribution in [0.2, 0.25) is 0 Å². The van der Waals surface area contributed by atoms with Gasteiger partial charge in [0.15, 0.2) is 0 Å². The van der Waals surface area contributed by atoms with E-state index in [-0.39, 0.29) is 18.4 Å². The van der Waals surface area contributed by atoms with Crippen molar-refractivity contribution in [3.8, 4) is 0 Å². The first-order chi connectivity index (χ1) is 13.3. The summed E-state index contributed by atoms with van der Waals surface area (Å²) in [6, 6.07) is 7.64. The van der Waals surface area contributed by atoms with Crippen LogP contribution in [0.4, 0.5) is 4.79 Å². The van der Waals surface area contributed by atoms with E-state index in [4.69, 9.17) is 0 Å². The van der Waals surface area contributed by atoms with Crippen molar-refractivity contribution in [1.82, 2.24) is 15.1 Å². The summed E-state index contributed by atoms with van der Waals surface area (Å²) in [6.07, 6.45) is 3.98. The van der Waals surface area contributed by atoms with E-state index in [1.54, 1.807) is 4.90 Å². The van der Waals surface area contributed by atoms with E-state index in [0.717, 1.165) is 29.7 Å². The summed E-state index contributed by atoms with van der Waals surface area (Å²) in [5, 5.41) is 2.89. The van der Waals surface area contributed by atoms with E-state index >= 15 is 0 Å². The lowest BCUT2D eigenvalue weighted by atomic mass is 9.77. The maximum Gasteiger partial charge on any atom is 0.325 e. The smallest absolute Gasteiger partial charge is 0.325 e. The van der Waals surface area contributed by atoms with Gasteiger partial charge in [0.1, 0.15) is 12.1 Å². The van der Waals surface area contributed by atoms with Gasteiger partial charge in [0.05, 0.1) is 0 Å². The van der Waals surface area contributed by atoms with E-state index in [9.17, 15) is 14.4 Å². The minimum Gasteiger partial charge on any atom is -0.337 e. The predicted molar refractivity (Wildman–Crippen MR) is 107 cm³/mol. The Morgan fingerprint density at radius 2 is 1.86 bits per heavy atom. The number of aryl methyl sites for hydroxylation is 1. The lowest BCUT2D eigenvalue weighted by Gasteiger charge is -2.33. The zero-order chi connectivity index (χ0) is 20.3. The fourth-order valence-corrected chi connectivity index (χ4v) is 4.12. The summed E-state index contributed by atoms with van der Waals surface area (Å²) < 4.78 is 0. The second kappa shape index (κ2) is 8.33. The maximum atomic E-state index is 13.0. The van der Waals surface area contributed by atoms with Gasteiger partial charge in [-0.3, -0.25) is 14.5 Å². The van der Waals surface area contributed by atoms with Gasteiger partial charge in [-0.25, -0.2) is 4.79 Å². The van der Waals surface area contributed by atoms with Crippen LogP contribution in [0.25, 0.3) is 0 Å². The van der Waals surface area contributed by atoms with Crippen molar-refractivity contribution in [2.75, 3.05) is 13.1 Å². The van der Waals surface area contributed by atoms with Crippen LogP contribution in [-0.2, 0) is 16.1 Å². The second-order valence-electron chi connectivity index (χ2n) is 8.39. The van der Waals surface area contributed by atoms with Gasteiger partial charge >= 0.3 is 6.03 Å². The van der Waals surface area contributed by atoms with Crippen molar-refractivity contribution in [3.63, 3.8) is 0 Å².